The van der Waals surface area contributed by atoms with Gasteiger partial charge in [0.05, 0.1) is 19.1 Å². The van der Waals surface area contributed by atoms with Gasteiger partial charge in [0.15, 0.2) is 0 Å². The van der Waals surface area contributed by atoms with Gasteiger partial charge in [-0.05, 0) is 31.6 Å². The summed E-state index contributed by atoms with van der Waals surface area (Å²) in [7, 11) is 3.16. The smallest absolute Gasteiger partial charge is 0.310 e. The first-order valence-corrected chi connectivity index (χ1v) is 8.11. The average molecular weight is 296 g/mol. The van der Waals surface area contributed by atoms with Crippen LogP contribution in [0.4, 0.5) is 0 Å². The van der Waals surface area contributed by atoms with E-state index in [2.05, 4.69) is 5.32 Å². The van der Waals surface area contributed by atoms with Gasteiger partial charge in [0.1, 0.15) is 0 Å². The summed E-state index contributed by atoms with van der Waals surface area (Å²) in [5.74, 6) is 0.311. The minimum absolute atomic E-state index is 0.0841. The van der Waals surface area contributed by atoms with Gasteiger partial charge in [0.2, 0.25) is 5.91 Å². The molecule has 1 aliphatic heterocycles. The second-order valence-corrected chi connectivity index (χ2v) is 6.59. The van der Waals surface area contributed by atoms with Crippen molar-refractivity contribution in [1.82, 2.24) is 10.2 Å². The average Bonchev–Trinajstić information content (AvgIpc) is 2.52. The minimum atomic E-state index is -0.282. The lowest BCUT2D eigenvalue weighted by Gasteiger charge is -2.41. The van der Waals surface area contributed by atoms with Crippen molar-refractivity contribution < 1.29 is 14.3 Å². The maximum Gasteiger partial charge on any atom is 0.310 e. The van der Waals surface area contributed by atoms with Crippen LogP contribution >= 0.6 is 0 Å². The summed E-state index contributed by atoms with van der Waals surface area (Å²) in [6.07, 6.45) is 7.15. The zero-order valence-electron chi connectivity index (χ0n) is 13.4. The molecule has 2 aliphatic rings. The van der Waals surface area contributed by atoms with E-state index in [1.807, 2.05) is 0 Å². The number of carbonyl (C=O) groups is 2. The standard InChI is InChI=1S/C16H28N2O3/c1-11(16(20)21-3)10-18(2)15(19)14-9-8-12-6-4-5-7-13(12)17-14/h11-14,17H,4-10H2,1-3H3. The topological polar surface area (TPSA) is 58.6 Å². The summed E-state index contributed by atoms with van der Waals surface area (Å²) < 4.78 is 4.72. The number of methoxy groups -OCH3 is 1. The molecule has 5 nitrogen and oxygen atoms in total. The molecule has 0 aromatic carbocycles. The van der Waals surface area contributed by atoms with Crippen molar-refractivity contribution in [2.24, 2.45) is 11.8 Å². The van der Waals surface area contributed by atoms with E-state index >= 15 is 0 Å². The van der Waals surface area contributed by atoms with Crippen LogP contribution in [0.1, 0.15) is 45.4 Å². The summed E-state index contributed by atoms with van der Waals surface area (Å²) in [5, 5.41) is 3.55. The van der Waals surface area contributed by atoms with Gasteiger partial charge in [-0.2, -0.15) is 0 Å². The maximum atomic E-state index is 12.5. The van der Waals surface area contributed by atoms with Crippen molar-refractivity contribution in [2.75, 3.05) is 20.7 Å². The van der Waals surface area contributed by atoms with E-state index in [1.54, 1.807) is 18.9 Å². The van der Waals surface area contributed by atoms with E-state index in [0.29, 0.717) is 12.6 Å². The van der Waals surface area contributed by atoms with Gasteiger partial charge in [0, 0.05) is 19.6 Å². The fourth-order valence-corrected chi connectivity index (χ4v) is 3.73. The lowest BCUT2D eigenvalue weighted by Crippen LogP contribution is -2.55. The summed E-state index contributed by atoms with van der Waals surface area (Å²) >= 11 is 0. The van der Waals surface area contributed by atoms with E-state index < -0.39 is 0 Å². The van der Waals surface area contributed by atoms with Gasteiger partial charge in [-0.15, -0.1) is 0 Å². The molecule has 120 valence electrons. The zero-order chi connectivity index (χ0) is 15.4. The fraction of sp³-hybridized carbons (Fsp3) is 0.875. The highest BCUT2D eigenvalue weighted by molar-refractivity contribution is 5.82. The van der Waals surface area contributed by atoms with Crippen LogP contribution in [0.15, 0.2) is 0 Å². The van der Waals surface area contributed by atoms with Crippen molar-refractivity contribution >= 4 is 11.9 Å². The van der Waals surface area contributed by atoms with E-state index in [0.717, 1.165) is 18.8 Å². The first-order valence-electron chi connectivity index (χ1n) is 8.11. The molecule has 0 bridgehead atoms. The lowest BCUT2D eigenvalue weighted by molar-refractivity contribution is -0.146. The molecular formula is C16H28N2O3. The van der Waals surface area contributed by atoms with Crippen molar-refractivity contribution in [1.29, 1.82) is 0 Å². The van der Waals surface area contributed by atoms with Gasteiger partial charge in [0.25, 0.3) is 0 Å². The zero-order valence-corrected chi connectivity index (χ0v) is 13.4. The van der Waals surface area contributed by atoms with E-state index in [4.69, 9.17) is 4.74 Å². The van der Waals surface area contributed by atoms with Gasteiger partial charge in [-0.3, -0.25) is 9.59 Å². The van der Waals surface area contributed by atoms with Gasteiger partial charge in [-0.1, -0.05) is 19.8 Å². The Balaban J connectivity index is 1.86. The normalized spacial score (nSPS) is 30.1. The Morgan fingerprint density at radius 2 is 1.95 bits per heavy atom. The summed E-state index contributed by atoms with van der Waals surface area (Å²) in [6, 6.07) is 0.423. The van der Waals surface area contributed by atoms with Crippen LogP contribution in [0.3, 0.4) is 0 Å². The van der Waals surface area contributed by atoms with Crippen molar-refractivity contribution in [3.05, 3.63) is 0 Å². The minimum Gasteiger partial charge on any atom is -0.469 e. The third kappa shape index (κ3) is 3.96. The highest BCUT2D eigenvalue weighted by Crippen LogP contribution is 2.32. The molecule has 4 unspecified atom stereocenters. The number of nitrogens with zero attached hydrogens (tertiary/aromatic N) is 1. The Hall–Kier alpha value is -1.10. The Labute approximate surface area is 127 Å². The Morgan fingerprint density at radius 1 is 1.24 bits per heavy atom. The van der Waals surface area contributed by atoms with Crippen LogP contribution in [0.5, 0.6) is 0 Å². The van der Waals surface area contributed by atoms with Crippen LogP contribution in [-0.2, 0) is 14.3 Å². The van der Waals surface area contributed by atoms with Crippen LogP contribution in [0.2, 0.25) is 0 Å². The number of hydrogen-bond acceptors (Lipinski definition) is 4. The Bertz CT molecular complexity index is 386. The number of rotatable bonds is 4. The Morgan fingerprint density at radius 3 is 2.67 bits per heavy atom. The molecule has 21 heavy (non-hydrogen) atoms. The molecule has 1 N–H and O–H groups in total. The summed E-state index contributed by atoms with van der Waals surface area (Å²) in [6.45, 7) is 2.21. The molecule has 1 heterocycles. The van der Waals surface area contributed by atoms with Crippen molar-refractivity contribution in [3.63, 3.8) is 0 Å². The summed E-state index contributed by atoms with van der Waals surface area (Å²) in [5.41, 5.74) is 0. The molecule has 1 saturated carbocycles. The Kier molecular flexibility index (Phi) is 5.62. The van der Waals surface area contributed by atoms with Crippen molar-refractivity contribution in [3.8, 4) is 0 Å². The fourth-order valence-electron chi connectivity index (χ4n) is 3.73. The number of fused-ring (bicyclic) bond motifs is 1. The number of amides is 1. The molecule has 2 fully saturated rings. The quantitative estimate of drug-likeness (QED) is 0.800. The van der Waals surface area contributed by atoms with Gasteiger partial charge in [-0.25, -0.2) is 0 Å². The van der Waals surface area contributed by atoms with Crippen LogP contribution in [0, 0.1) is 11.8 Å². The SMILES string of the molecule is COC(=O)C(C)CN(C)C(=O)C1CCC2CCCCC2N1. The lowest BCUT2D eigenvalue weighted by atomic mass is 9.77. The maximum absolute atomic E-state index is 12.5. The number of likely N-dealkylation sites (N-methyl/N-ethyl adjacent to an activating group) is 1. The number of hydrogen-bond donors (Lipinski definition) is 1. The third-order valence-corrected chi connectivity index (χ3v) is 4.98. The molecule has 0 aromatic rings. The number of nitrogens with one attached hydrogen (secondary N) is 1. The van der Waals surface area contributed by atoms with Crippen molar-refractivity contribution in [2.45, 2.75) is 57.5 Å². The van der Waals surface area contributed by atoms with Crippen LogP contribution in [-0.4, -0.2) is 49.6 Å². The van der Waals surface area contributed by atoms with Gasteiger partial charge < -0.3 is 15.0 Å². The van der Waals surface area contributed by atoms with Gasteiger partial charge >= 0.3 is 5.97 Å². The number of carbonyl (C=O) groups excluding carboxylic acids is 2. The molecule has 4 atom stereocenters. The van der Waals surface area contributed by atoms with Crippen LogP contribution in [0.25, 0.3) is 0 Å². The number of esters is 1. The molecule has 1 amide bonds. The molecule has 1 saturated heterocycles. The predicted molar refractivity (Wildman–Crippen MR) is 80.7 cm³/mol. The molecule has 5 heteroatoms. The monoisotopic (exact) mass is 296 g/mol. The second-order valence-electron chi connectivity index (χ2n) is 6.59. The second kappa shape index (κ2) is 7.25. The highest BCUT2D eigenvalue weighted by Gasteiger charge is 2.35. The van der Waals surface area contributed by atoms with E-state index in [-0.39, 0.29) is 23.8 Å². The number of piperidine rings is 1. The largest absolute Gasteiger partial charge is 0.469 e. The first kappa shape index (κ1) is 16.3. The molecule has 0 spiro atoms. The molecule has 1 aliphatic carbocycles. The molecule has 0 aromatic heterocycles. The highest BCUT2D eigenvalue weighted by atomic mass is 16.5. The third-order valence-electron chi connectivity index (χ3n) is 4.98. The summed E-state index contributed by atoms with van der Waals surface area (Å²) in [4.78, 5) is 25.7. The molecule has 2 rings (SSSR count). The number of ether oxygens (including phenoxy) is 1. The van der Waals surface area contributed by atoms with E-state index in [1.165, 1.54) is 32.8 Å². The molecule has 0 radical (unpaired) electrons. The van der Waals surface area contributed by atoms with Crippen LogP contribution < -0.4 is 5.32 Å². The first-order chi connectivity index (χ1) is 10.0. The van der Waals surface area contributed by atoms with E-state index in [9.17, 15) is 9.59 Å². The predicted octanol–water partition coefficient (Wildman–Crippen LogP) is 1.56. The molecular weight excluding hydrogens is 268 g/mol.